The van der Waals surface area contributed by atoms with Crippen LogP contribution < -0.4 is 24.7 Å². The van der Waals surface area contributed by atoms with Crippen LogP contribution in [0.2, 0.25) is 10.1 Å². The Labute approximate surface area is 362 Å². The number of hydrogen-bond acceptors (Lipinski definition) is 7. The van der Waals surface area contributed by atoms with Crippen LogP contribution in [-0.2, 0) is 26.3 Å². The lowest BCUT2D eigenvalue weighted by molar-refractivity contribution is 0.0460. The minimum atomic E-state index is -4.12. The molecule has 0 unspecified atom stereocenters. The van der Waals surface area contributed by atoms with E-state index in [2.05, 4.69) is 79.9 Å². The quantitative estimate of drug-likeness (QED) is 0.0918. The van der Waals surface area contributed by atoms with Gasteiger partial charge in [0.15, 0.2) is 0 Å². The van der Waals surface area contributed by atoms with Crippen molar-refractivity contribution in [2.24, 2.45) is 17.8 Å². The first-order valence-electron chi connectivity index (χ1n) is 21.2. The third-order valence-electron chi connectivity index (χ3n) is 13.1. The molecule has 1 heterocycles. The summed E-state index contributed by atoms with van der Waals surface area (Å²) in [4.78, 5) is 16.3. The van der Waals surface area contributed by atoms with Gasteiger partial charge >= 0.3 is 0 Å². The van der Waals surface area contributed by atoms with E-state index in [1.807, 2.05) is 42.5 Å². The summed E-state index contributed by atoms with van der Waals surface area (Å²) in [6.07, 6.45) is 7.85. The zero-order chi connectivity index (χ0) is 42.7. The van der Waals surface area contributed by atoms with E-state index in [-0.39, 0.29) is 40.2 Å². The fourth-order valence-electron chi connectivity index (χ4n) is 9.96. The number of aliphatic hydroxyl groups is 1. The Balaban J connectivity index is 1.14. The minimum absolute atomic E-state index is 0.0873. The number of nitrogens with one attached hydrogen (secondary N) is 1. The molecular weight excluding hydrogens is 808 g/mol. The summed E-state index contributed by atoms with van der Waals surface area (Å²) in [5, 5.41) is 13.4. The number of rotatable bonds is 15. The van der Waals surface area contributed by atoms with E-state index in [9.17, 15) is 18.3 Å². The van der Waals surface area contributed by atoms with Gasteiger partial charge in [-0.15, -0.1) is 13.2 Å². The Bertz CT molecular complexity index is 2240. The molecule has 1 aliphatic heterocycles. The number of benzene rings is 4. The molecule has 1 saturated carbocycles. The van der Waals surface area contributed by atoms with Crippen molar-refractivity contribution in [3.05, 3.63) is 144 Å². The molecule has 1 spiro atoms. The Morgan fingerprint density at radius 1 is 1.03 bits per heavy atom. The van der Waals surface area contributed by atoms with Crippen LogP contribution in [-0.4, -0.2) is 65.9 Å². The van der Waals surface area contributed by atoms with Gasteiger partial charge in [-0.25, -0.2) is 13.1 Å². The van der Waals surface area contributed by atoms with Gasteiger partial charge in [0.25, 0.3) is 14.2 Å². The number of nitrogens with zero attached hydrogens (tertiary/aromatic N) is 1. The number of hydrogen-bond donors (Lipinski definition) is 2. The van der Waals surface area contributed by atoms with E-state index in [0.29, 0.717) is 36.9 Å². The number of carbonyl (C=O) groups is 1. The Kier molecular flexibility index (Phi) is 13.2. The number of amides is 1. The summed E-state index contributed by atoms with van der Waals surface area (Å²) < 4.78 is 44.0. The highest BCUT2D eigenvalue weighted by molar-refractivity contribution is 7.90. The van der Waals surface area contributed by atoms with Crippen LogP contribution in [0.1, 0.15) is 74.4 Å². The second kappa shape index (κ2) is 18.0. The van der Waals surface area contributed by atoms with E-state index in [1.54, 1.807) is 30.4 Å². The second-order valence-corrected chi connectivity index (χ2v) is 24.6. The predicted molar refractivity (Wildman–Crippen MR) is 246 cm³/mol. The fraction of sp³-hybridized carbons (Fsp3) is 0.408. The standard InChI is InChI=1S/C49H59ClN2O6SSi/c1-6-15-35(31-58-60(48(3,4)5,40-17-10-8-11-18-40)41-19-12-9-13-20-41)32-59(55,56)51-47(54)37-22-26-46-44(29-37)52(30-38-21-24-42(38)45(53)7-2)33-49(34-57-46)27-14-16-36-28-39(50)23-25-43(36)49/h6-13,17-20,22-23,25-26,28-29,35,38,42,45,53H,1-2,14-16,21,24,27,30-34H2,3-5H3,(H,51,54)/t35-,38+,42-,45-,49+/m1/s1. The summed E-state index contributed by atoms with van der Waals surface area (Å²) in [5.41, 5.74) is 3.08. The van der Waals surface area contributed by atoms with Gasteiger partial charge in [-0.3, -0.25) is 4.79 Å². The topological polar surface area (TPSA) is 105 Å². The Morgan fingerprint density at radius 2 is 1.73 bits per heavy atom. The van der Waals surface area contributed by atoms with Gasteiger partial charge in [0.1, 0.15) is 5.75 Å². The van der Waals surface area contributed by atoms with Crippen LogP contribution in [0.3, 0.4) is 0 Å². The van der Waals surface area contributed by atoms with Crippen molar-refractivity contribution in [2.45, 2.75) is 75.9 Å². The molecule has 2 aliphatic carbocycles. The molecule has 0 saturated heterocycles. The van der Waals surface area contributed by atoms with Gasteiger partial charge in [0, 0.05) is 41.6 Å². The van der Waals surface area contributed by atoms with Gasteiger partial charge < -0.3 is 19.2 Å². The Hall–Kier alpha value is -4.19. The van der Waals surface area contributed by atoms with Crippen molar-refractivity contribution in [1.82, 2.24) is 4.72 Å². The van der Waals surface area contributed by atoms with E-state index in [1.165, 1.54) is 11.1 Å². The van der Waals surface area contributed by atoms with Crippen LogP contribution in [0, 0.1) is 17.8 Å². The summed E-state index contributed by atoms with van der Waals surface area (Å²) >= 11 is 6.46. The number of sulfonamides is 1. The number of ether oxygens (including phenoxy) is 1. The number of aliphatic hydroxyl groups excluding tert-OH is 1. The molecule has 5 atom stereocenters. The largest absolute Gasteiger partial charge is 0.490 e. The number of fused-ring (bicyclic) bond motifs is 3. The molecule has 11 heteroatoms. The van der Waals surface area contributed by atoms with E-state index < -0.39 is 36.3 Å². The SMILES string of the molecule is C=CC[C@H](CO[Si](c1ccccc1)(c1ccccc1)C(C)(C)C)CS(=O)(=O)NC(=O)c1ccc2c(c1)N(C[C@@H]1CC[C@H]1[C@H](O)C=C)C[C@@]1(CCCc3cc(Cl)ccc31)CO2. The van der Waals surface area contributed by atoms with Gasteiger partial charge in [0.2, 0.25) is 10.0 Å². The number of carbonyl (C=O) groups excluding carboxylic acids is 1. The molecule has 1 fully saturated rings. The van der Waals surface area contributed by atoms with Gasteiger partial charge in [-0.05, 0) is 107 Å². The zero-order valence-corrected chi connectivity index (χ0v) is 37.7. The molecule has 0 radical (unpaired) electrons. The Morgan fingerprint density at radius 3 is 2.35 bits per heavy atom. The van der Waals surface area contributed by atoms with Crippen molar-refractivity contribution < 1.29 is 27.5 Å². The third-order valence-corrected chi connectivity index (χ3v) is 19.7. The first-order valence-corrected chi connectivity index (χ1v) is 25.1. The second-order valence-electron chi connectivity index (χ2n) is 18.1. The number of halogens is 1. The summed E-state index contributed by atoms with van der Waals surface area (Å²) in [6, 6.07) is 31.8. The summed E-state index contributed by atoms with van der Waals surface area (Å²) in [7, 11) is -7.07. The van der Waals surface area contributed by atoms with Crippen molar-refractivity contribution in [3.8, 4) is 5.75 Å². The van der Waals surface area contributed by atoms with Gasteiger partial charge in [0.05, 0.1) is 24.2 Å². The molecule has 4 aromatic rings. The maximum atomic E-state index is 14.0. The lowest BCUT2D eigenvalue weighted by atomic mass is 9.68. The van der Waals surface area contributed by atoms with Crippen LogP contribution in [0.4, 0.5) is 5.69 Å². The molecule has 60 heavy (non-hydrogen) atoms. The number of aryl methyl sites for hydroxylation is 1. The first kappa shape index (κ1) is 43.9. The maximum Gasteiger partial charge on any atom is 0.264 e. The molecule has 4 aromatic carbocycles. The van der Waals surface area contributed by atoms with Gasteiger partial charge in [-0.2, -0.15) is 0 Å². The average Bonchev–Trinajstić information content (AvgIpc) is 3.36. The van der Waals surface area contributed by atoms with E-state index in [4.69, 9.17) is 20.8 Å². The molecular formula is C49H59ClN2O6SSi. The average molecular weight is 868 g/mol. The van der Waals surface area contributed by atoms with Crippen LogP contribution in [0.15, 0.2) is 122 Å². The highest BCUT2D eigenvalue weighted by Crippen LogP contribution is 2.47. The van der Waals surface area contributed by atoms with Crippen LogP contribution in [0.25, 0.3) is 0 Å². The first-order chi connectivity index (χ1) is 28.7. The molecule has 3 aliphatic rings. The number of anilines is 1. The van der Waals surface area contributed by atoms with Crippen molar-refractivity contribution in [1.29, 1.82) is 0 Å². The molecule has 1 amide bonds. The van der Waals surface area contributed by atoms with Crippen molar-refractivity contribution in [3.63, 3.8) is 0 Å². The molecule has 2 N–H and O–H groups in total. The monoisotopic (exact) mass is 866 g/mol. The lowest BCUT2D eigenvalue weighted by Gasteiger charge is -2.45. The maximum absolute atomic E-state index is 14.0. The zero-order valence-electron chi connectivity index (χ0n) is 35.1. The predicted octanol–water partition coefficient (Wildman–Crippen LogP) is 8.21. The van der Waals surface area contributed by atoms with Crippen LogP contribution in [0.5, 0.6) is 5.75 Å². The molecule has 8 nitrogen and oxygen atoms in total. The summed E-state index contributed by atoms with van der Waals surface area (Å²) in [5.74, 6) is -0.549. The highest BCUT2D eigenvalue weighted by Gasteiger charge is 2.50. The van der Waals surface area contributed by atoms with Crippen molar-refractivity contribution >= 4 is 51.9 Å². The fourth-order valence-corrected chi connectivity index (χ4v) is 16.1. The molecule has 0 aromatic heterocycles. The normalized spacial score (nSPS) is 21.3. The minimum Gasteiger partial charge on any atom is -0.490 e. The molecule has 318 valence electrons. The van der Waals surface area contributed by atoms with Crippen molar-refractivity contribution in [2.75, 3.05) is 37.0 Å². The number of allylic oxidation sites excluding steroid dienone is 1. The van der Waals surface area contributed by atoms with Gasteiger partial charge in [-0.1, -0.05) is 111 Å². The highest BCUT2D eigenvalue weighted by atomic mass is 35.5. The van der Waals surface area contributed by atoms with E-state index >= 15 is 0 Å². The smallest absolute Gasteiger partial charge is 0.264 e. The lowest BCUT2D eigenvalue weighted by Crippen LogP contribution is -2.67. The molecule has 7 rings (SSSR count). The third kappa shape index (κ3) is 9.04. The molecule has 0 bridgehead atoms. The summed E-state index contributed by atoms with van der Waals surface area (Å²) in [6.45, 7) is 16.2. The van der Waals surface area contributed by atoms with Crippen LogP contribution >= 0.6 is 11.6 Å². The van der Waals surface area contributed by atoms with E-state index in [0.717, 1.165) is 48.2 Å².